The Hall–Kier alpha value is -2.52. The zero-order chi connectivity index (χ0) is 16.5. The number of rotatable bonds is 3. The van der Waals surface area contributed by atoms with Crippen molar-refractivity contribution in [1.29, 1.82) is 0 Å². The number of nitrogens with two attached hydrogens (primary N) is 1. The summed E-state index contributed by atoms with van der Waals surface area (Å²) >= 11 is 0. The molecule has 0 spiro atoms. The molecule has 1 heterocycles. The summed E-state index contributed by atoms with van der Waals surface area (Å²) in [5.41, 5.74) is 8.87. The lowest BCUT2D eigenvalue weighted by Crippen LogP contribution is -2.42. The quantitative estimate of drug-likeness (QED) is 0.772. The van der Waals surface area contributed by atoms with Crippen molar-refractivity contribution in [2.75, 3.05) is 0 Å². The van der Waals surface area contributed by atoms with E-state index in [9.17, 15) is 5.11 Å². The fraction of sp³-hybridized carbons (Fsp3) is 0.238. The van der Waals surface area contributed by atoms with Crippen molar-refractivity contribution in [3.05, 3.63) is 71.8 Å². The lowest BCUT2D eigenvalue weighted by atomic mass is 9.92. The highest BCUT2D eigenvalue weighted by Crippen LogP contribution is 2.32. The number of hydrogen-bond acceptors (Lipinski definition) is 3. The maximum Gasteiger partial charge on any atom is 0.126 e. The summed E-state index contributed by atoms with van der Waals surface area (Å²) in [6, 6.07) is 20.0. The molecule has 2 atom stereocenters. The Morgan fingerprint density at radius 3 is 2.83 bits per heavy atom. The summed E-state index contributed by atoms with van der Waals surface area (Å²) in [6.45, 7) is 0. The Morgan fingerprint density at radius 1 is 1.08 bits per heavy atom. The monoisotopic (exact) mass is 319 g/mol. The van der Waals surface area contributed by atoms with Gasteiger partial charge in [0, 0.05) is 12.1 Å². The molecule has 3 aromatic rings. The SMILES string of the molecule is NC(Cc1cccc2ccccc12)C1CCc2ccc(O)cc2O1. The minimum absolute atomic E-state index is 0.0294. The third-order valence-electron chi connectivity index (χ3n) is 4.84. The number of ether oxygens (including phenoxy) is 1. The molecule has 4 rings (SSSR count). The number of benzene rings is 3. The Balaban J connectivity index is 1.55. The molecule has 24 heavy (non-hydrogen) atoms. The fourth-order valence-electron chi connectivity index (χ4n) is 3.54. The van der Waals surface area contributed by atoms with Crippen LogP contribution in [0.1, 0.15) is 17.5 Å². The number of phenolic OH excluding ortho intramolecular Hbond substituents is 1. The maximum absolute atomic E-state index is 9.66. The van der Waals surface area contributed by atoms with Crippen molar-refractivity contribution in [2.24, 2.45) is 5.73 Å². The first-order valence-electron chi connectivity index (χ1n) is 8.41. The molecule has 122 valence electrons. The summed E-state index contributed by atoms with van der Waals surface area (Å²) in [5.74, 6) is 0.997. The molecule has 0 saturated heterocycles. The van der Waals surface area contributed by atoms with E-state index in [4.69, 9.17) is 10.5 Å². The van der Waals surface area contributed by atoms with E-state index in [1.807, 2.05) is 6.07 Å². The molecule has 1 aliphatic rings. The zero-order valence-electron chi connectivity index (χ0n) is 13.5. The molecule has 3 N–H and O–H groups in total. The van der Waals surface area contributed by atoms with Crippen molar-refractivity contribution >= 4 is 10.8 Å². The second-order valence-corrected chi connectivity index (χ2v) is 6.49. The smallest absolute Gasteiger partial charge is 0.126 e. The van der Waals surface area contributed by atoms with E-state index < -0.39 is 0 Å². The van der Waals surface area contributed by atoms with Gasteiger partial charge in [0.2, 0.25) is 0 Å². The van der Waals surface area contributed by atoms with E-state index in [0.717, 1.165) is 30.6 Å². The first kappa shape index (κ1) is 15.0. The fourth-order valence-corrected chi connectivity index (χ4v) is 3.54. The zero-order valence-corrected chi connectivity index (χ0v) is 13.5. The Morgan fingerprint density at radius 2 is 1.92 bits per heavy atom. The topological polar surface area (TPSA) is 55.5 Å². The van der Waals surface area contributed by atoms with Gasteiger partial charge in [0.05, 0.1) is 0 Å². The van der Waals surface area contributed by atoms with Gasteiger partial charge in [0.1, 0.15) is 17.6 Å². The van der Waals surface area contributed by atoms with Crippen molar-refractivity contribution in [3.8, 4) is 11.5 Å². The molecule has 3 nitrogen and oxygen atoms in total. The van der Waals surface area contributed by atoms with Gasteiger partial charge in [-0.25, -0.2) is 0 Å². The second kappa shape index (κ2) is 6.17. The molecule has 2 unspecified atom stereocenters. The molecule has 0 fully saturated rings. The van der Waals surface area contributed by atoms with Gasteiger partial charge in [-0.15, -0.1) is 0 Å². The van der Waals surface area contributed by atoms with Crippen LogP contribution in [0.25, 0.3) is 10.8 Å². The van der Waals surface area contributed by atoms with Crippen molar-refractivity contribution in [1.82, 2.24) is 0 Å². The second-order valence-electron chi connectivity index (χ2n) is 6.49. The van der Waals surface area contributed by atoms with Gasteiger partial charge in [0.15, 0.2) is 0 Å². The predicted molar refractivity (Wildman–Crippen MR) is 96.5 cm³/mol. The van der Waals surface area contributed by atoms with Gasteiger partial charge in [-0.05, 0) is 47.2 Å². The van der Waals surface area contributed by atoms with Crippen molar-refractivity contribution in [3.63, 3.8) is 0 Å². The number of phenols is 1. The third kappa shape index (κ3) is 2.83. The van der Waals surface area contributed by atoms with Crippen LogP contribution >= 0.6 is 0 Å². The van der Waals surface area contributed by atoms with Crippen LogP contribution in [-0.2, 0) is 12.8 Å². The van der Waals surface area contributed by atoms with Crippen LogP contribution in [0.3, 0.4) is 0 Å². The third-order valence-corrected chi connectivity index (χ3v) is 4.84. The van der Waals surface area contributed by atoms with Crippen LogP contribution in [0.4, 0.5) is 0 Å². The van der Waals surface area contributed by atoms with Crippen LogP contribution in [-0.4, -0.2) is 17.3 Å². The van der Waals surface area contributed by atoms with Gasteiger partial charge >= 0.3 is 0 Å². The molecule has 0 amide bonds. The first-order valence-corrected chi connectivity index (χ1v) is 8.41. The summed E-state index contributed by atoms with van der Waals surface area (Å²) < 4.78 is 6.07. The normalized spacial score (nSPS) is 18.0. The van der Waals surface area contributed by atoms with Gasteiger partial charge in [-0.3, -0.25) is 0 Å². The van der Waals surface area contributed by atoms with E-state index in [2.05, 4.69) is 42.5 Å². The van der Waals surface area contributed by atoms with Crippen LogP contribution in [0.2, 0.25) is 0 Å². The van der Waals surface area contributed by atoms with Gasteiger partial charge in [-0.2, -0.15) is 0 Å². The van der Waals surface area contributed by atoms with Gasteiger partial charge < -0.3 is 15.6 Å². The van der Waals surface area contributed by atoms with Gasteiger partial charge in [0.25, 0.3) is 0 Å². The molecule has 0 aliphatic carbocycles. The highest BCUT2D eigenvalue weighted by Gasteiger charge is 2.26. The summed E-state index contributed by atoms with van der Waals surface area (Å²) in [4.78, 5) is 0. The Labute approximate surface area is 141 Å². The molecule has 0 saturated carbocycles. The minimum Gasteiger partial charge on any atom is -0.508 e. The van der Waals surface area contributed by atoms with Crippen molar-refractivity contribution in [2.45, 2.75) is 31.4 Å². The average molecular weight is 319 g/mol. The van der Waals surface area contributed by atoms with Crippen LogP contribution in [0.5, 0.6) is 11.5 Å². The molecule has 0 aromatic heterocycles. The summed E-state index contributed by atoms with van der Waals surface area (Å²) in [7, 11) is 0. The molecule has 3 aromatic carbocycles. The van der Waals surface area contributed by atoms with Crippen LogP contribution < -0.4 is 10.5 Å². The number of hydrogen-bond donors (Lipinski definition) is 2. The van der Waals surface area contributed by atoms with Gasteiger partial charge in [-0.1, -0.05) is 48.5 Å². The van der Waals surface area contributed by atoms with Crippen LogP contribution in [0.15, 0.2) is 60.7 Å². The lowest BCUT2D eigenvalue weighted by Gasteiger charge is -2.30. The standard InChI is InChI=1S/C21H21NO2/c22-19(12-16-6-3-5-14-4-1-2-7-18(14)16)20-11-9-15-8-10-17(23)13-21(15)24-20/h1-8,10,13,19-20,23H,9,11-12,22H2. The average Bonchev–Trinajstić information content (AvgIpc) is 2.61. The minimum atomic E-state index is -0.0775. The lowest BCUT2D eigenvalue weighted by molar-refractivity contribution is 0.144. The molecule has 0 bridgehead atoms. The predicted octanol–water partition coefficient (Wildman–Crippen LogP) is 3.81. The molecule has 3 heteroatoms. The number of aryl methyl sites for hydroxylation is 1. The van der Waals surface area contributed by atoms with E-state index in [0.29, 0.717) is 0 Å². The highest BCUT2D eigenvalue weighted by atomic mass is 16.5. The number of aromatic hydroxyl groups is 1. The molecular weight excluding hydrogens is 298 g/mol. The molecule has 0 radical (unpaired) electrons. The molecule has 1 aliphatic heterocycles. The van der Waals surface area contributed by atoms with Crippen LogP contribution in [0, 0.1) is 0 Å². The first-order chi connectivity index (χ1) is 11.7. The highest BCUT2D eigenvalue weighted by molar-refractivity contribution is 5.85. The Kier molecular flexibility index (Phi) is 3.87. The summed E-state index contributed by atoms with van der Waals surface area (Å²) in [6.07, 6.45) is 2.59. The van der Waals surface area contributed by atoms with E-state index in [-0.39, 0.29) is 17.9 Å². The number of fused-ring (bicyclic) bond motifs is 2. The largest absolute Gasteiger partial charge is 0.508 e. The molecular formula is C21H21NO2. The van der Waals surface area contributed by atoms with Crippen molar-refractivity contribution < 1.29 is 9.84 Å². The Bertz CT molecular complexity index is 869. The maximum atomic E-state index is 9.66. The summed E-state index contributed by atoms with van der Waals surface area (Å²) in [5, 5.41) is 12.1. The van der Waals surface area contributed by atoms with E-state index in [1.165, 1.54) is 16.3 Å². The van der Waals surface area contributed by atoms with E-state index in [1.54, 1.807) is 12.1 Å². The van der Waals surface area contributed by atoms with E-state index >= 15 is 0 Å².